The van der Waals surface area contributed by atoms with Gasteiger partial charge in [-0.15, -0.1) is 0 Å². The number of hydrogen-bond donors (Lipinski definition) is 1. The summed E-state index contributed by atoms with van der Waals surface area (Å²) in [4.78, 5) is 0.195. The first-order chi connectivity index (χ1) is 9.01. The number of aryl methyl sites for hydroxylation is 1. The van der Waals surface area contributed by atoms with Crippen LogP contribution in [-0.2, 0) is 10.0 Å². The van der Waals surface area contributed by atoms with Crippen molar-refractivity contribution in [1.82, 2.24) is 0 Å². The summed E-state index contributed by atoms with van der Waals surface area (Å²) in [5.41, 5.74) is 1.77. The van der Waals surface area contributed by atoms with Crippen molar-refractivity contribution in [2.24, 2.45) is 0 Å². The van der Waals surface area contributed by atoms with E-state index in [0.29, 0.717) is 11.3 Å². The zero-order valence-corrected chi connectivity index (χ0v) is 11.1. The van der Waals surface area contributed by atoms with E-state index in [-0.39, 0.29) is 4.90 Å². The summed E-state index contributed by atoms with van der Waals surface area (Å²) in [5.74, 6) is 0. The average Bonchev–Trinajstić information content (AvgIpc) is 2.39. The van der Waals surface area contributed by atoms with E-state index in [1.807, 2.05) is 13.0 Å². The summed E-state index contributed by atoms with van der Waals surface area (Å²) in [6.07, 6.45) is 0. The quantitative estimate of drug-likeness (QED) is 0.933. The van der Waals surface area contributed by atoms with Gasteiger partial charge in [-0.3, -0.25) is 4.72 Å². The van der Waals surface area contributed by atoms with Crippen LogP contribution in [-0.4, -0.2) is 8.42 Å². The first-order valence-electron chi connectivity index (χ1n) is 5.61. The van der Waals surface area contributed by atoms with Crippen molar-refractivity contribution in [2.45, 2.75) is 11.8 Å². The minimum absolute atomic E-state index is 0.195. The Morgan fingerprint density at radius 3 is 2.42 bits per heavy atom. The highest BCUT2D eigenvalue weighted by Crippen LogP contribution is 2.17. The second kappa shape index (κ2) is 5.12. The smallest absolute Gasteiger partial charge is 0.261 e. The molecule has 0 aromatic heterocycles. The van der Waals surface area contributed by atoms with Crippen LogP contribution < -0.4 is 4.72 Å². The molecule has 0 amide bonds. The van der Waals surface area contributed by atoms with Crippen molar-refractivity contribution >= 4 is 15.7 Å². The third kappa shape index (κ3) is 3.12. The largest absolute Gasteiger partial charge is 0.280 e. The van der Waals surface area contributed by atoms with Gasteiger partial charge in [0.25, 0.3) is 10.0 Å². The van der Waals surface area contributed by atoms with Gasteiger partial charge in [0.15, 0.2) is 0 Å². The number of rotatable bonds is 3. The van der Waals surface area contributed by atoms with Gasteiger partial charge in [-0.2, -0.15) is 5.26 Å². The number of hydrogen-bond acceptors (Lipinski definition) is 3. The van der Waals surface area contributed by atoms with Crippen molar-refractivity contribution in [3.8, 4) is 6.07 Å². The molecule has 0 aliphatic heterocycles. The SMILES string of the molecule is Cc1ccc(S(=O)(=O)Nc2cccc(C#N)c2)cc1. The molecule has 0 spiro atoms. The van der Waals surface area contributed by atoms with Gasteiger partial charge in [0.1, 0.15) is 0 Å². The van der Waals surface area contributed by atoms with E-state index < -0.39 is 10.0 Å². The summed E-state index contributed by atoms with van der Waals surface area (Å²) in [5, 5.41) is 8.78. The van der Waals surface area contributed by atoms with Crippen LogP contribution in [0.3, 0.4) is 0 Å². The zero-order valence-electron chi connectivity index (χ0n) is 10.3. The van der Waals surface area contributed by atoms with Gasteiger partial charge >= 0.3 is 0 Å². The van der Waals surface area contributed by atoms with Crippen molar-refractivity contribution < 1.29 is 8.42 Å². The second-order valence-corrected chi connectivity index (χ2v) is 5.79. The predicted octanol–water partition coefficient (Wildman–Crippen LogP) is 2.67. The highest BCUT2D eigenvalue weighted by molar-refractivity contribution is 7.92. The molecule has 96 valence electrons. The van der Waals surface area contributed by atoms with Crippen LogP contribution in [0.4, 0.5) is 5.69 Å². The van der Waals surface area contributed by atoms with Crippen LogP contribution in [0.25, 0.3) is 0 Å². The lowest BCUT2D eigenvalue weighted by Gasteiger charge is -2.08. The van der Waals surface area contributed by atoms with Crippen LogP contribution in [0.15, 0.2) is 53.4 Å². The van der Waals surface area contributed by atoms with Gasteiger partial charge in [0.05, 0.1) is 22.2 Å². The molecule has 0 bridgehead atoms. The van der Waals surface area contributed by atoms with Crippen LogP contribution in [0.2, 0.25) is 0 Å². The lowest BCUT2D eigenvalue weighted by atomic mass is 10.2. The maximum absolute atomic E-state index is 12.1. The fourth-order valence-electron chi connectivity index (χ4n) is 1.58. The van der Waals surface area contributed by atoms with Crippen molar-refractivity contribution in [3.05, 3.63) is 59.7 Å². The highest BCUT2D eigenvalue weighted by atomic mass is 32.2. The predicted molar refractivity (Wildman–Crippen MR) is 73.1 cm³/mol. The molecule has 0 heterocycles. The molecule has 2 aromatic rings. The summed E-state index contributed by atoms with van der Waals surface area (Å²) >= 11 is 0. The number of nitriles is 1. The topological polar surface area (TPSA) is 70.0 Å². The number of sulfonamides is 1. The summed E-state index contributed by atoms with van der Waals surface area (Å²) in [6, 6.07) is 14.9. The van der Waals surface area contributed by atoms with E-state index in [1.54, 1.807) is 42.5 Å². The van der Waals surface area contributed by atoms with Gasteiger partial charge in [-0.05, 0) is 37.3 Å². The molecule has 0 aliphatic carbocycles. The van der Waals surface area contributed by atoms with E-state index in [2.05, 4.69) is 4.72 Å². The summed E-state index contributed by atoms with van der Waals surface area (Å²) in [7, 11) is -3.61. The lowest BCUT2D eigenvalue weighted by molar-refractivity contribution is 0.601. The molecular formula is C14H12N2O2S. The molecule has 0 radical (unpaired) electrons. The Morgan fingerprint density at radius 1 is 1.11 bits per heavy atom. The van der Waals surface area contributed by atoms with Crippen LogP contribution in [0.5, 0.6) is 0 Å². The Labute approximate surface area is 112 Å². The molecule has 4 nitrogen and oxygen atoms in total. The molecule has 0 saturated carbocycles. The van der Waals surface area contributed by atoms with Gasteiger partial charge in [-0.1, -0.05) is 23.8 Å². The molecule has 1 N–H and O–H groups in total. The molecule has 2 aromatic carbocycles. The lowest BCUT2D eigenvalue weighted by Crippen LogP contribution is -2.12. The normalized spacial score (nSPS) is 10.7. The van der Waals surface area contributed by atoms with E-state index in [0.717, 1.165) is 5.56 Å². The highest BCUT2D eigenvalue weighted by Gasteiger charge is 2.13. The molecule has 0 unspecified atom stereocenters. The summed E-state index contributed by atoms with van der Waals surface area (Å²) in [6.45, 7) is 1.89. The van der Waals surface area contributed by atoms with Gasteiger partial charge in [-0.25, -0.2) is 8.42 Å². The molecule has 0 saturated heterocycles. The first kappa shape index (κ1) is 13.1. The van der Waals surface area contributed by atoms with Crippen molar-refractivity contribution in [2.75, 3.05) is 4.72 Å². The Balaban J connectivity index is 2.31. The molecule has 19 heavy (non-hydrogen) atoms. The molecule has 5 heteroatoms. The van der Waals surface area contributed by atoms with Gasteiger partial charge in [0.2, 0.25) is 0 Å². The standard InChI is InChI=1S/C14H12N2O2S/c1-11-5-7-14(8-6-11)19(17,18)16-13-4-2-3-12(9-13)10-15/h2-9,16H,1H3. The molecule has 2 rings (SSSR count). The first-order valence-corrected chi connectivity index (χ1v) is 7.09. The van der Waals surface area contributed by atoms with Crippen LogP contribution in [0.1, 0.15) is 11.1 Å². The van der Waals surface area contributed by atoms with Crippen molar-refractivity contribution in [1.29, 1.82) is 5.26 Å². The van der Waals surface area contributed by atoms with Crippen LogP contribution in [0, 0.1) is 18.3 Å². The van der Waals surface area contributed by atoms with E-state index in [1.165, 1.54) is 6.07 Å². The third-order valence-electron chi connectivity index (χ3n) is 2.58. The van der Waals surface area contributed by atoms with E-state index in [4.69, 9.17) is 5.26 Å². The minimum atomic E-state index is -3.61. The molecule has 0 fully saturated rings. The molecule has 0 atom stereocenters. The number of nitrogens with zero attached hydrogens (tertiary/aromatic N) is 1. The number of benzene rings is 2. The van der Waals surface area contributed by atoms with Crippen LogP contribution >= 0.6 is 0 Å². The van der Waals surface area contributed by atoms with Crippen molar-refractivity contribution in [3.63, 3.8) is 0 Å². The van der Waals surface area contributed by atoms with Gasteiger partial charge < -0.3 is 0 Å². The maximum Gasteiger partial charge on any atom is 0.261 e. The Morgan fingerprint density at radius 2 is 1.79 bits per heavy atom. The number of anilines is 1. The number of nitrogens with one attached hydrogen (secondary N) is 1. The zero-order chi connectivity index (χ0) is 13.9. The fraction of sp³-hybridized carbons (Fsp3) is 0.0714. The monoisotopic (exact) mass is 272 g/mol. The molecule has 0 aliphatic rings. The minimum Gasteiger partial charge on any atom is -0.280 e. The molecular weight excluding hydrogens is 260 g/mol. The Hall–Kier alpha value is -2.32. The van der Waals surface area contributed by atoms with E-state index in [9.17, 15) is 8.42 Å². The van der Waals surface area contributed by atoms with E-state index >= 15 is 0 Å². The maximum atomic E-state index is 12.1. The summed E-state index contributed by atoms with van der Waals surface area (Å²) < 4.78 is 26.7. The average molecular weight is 272 g/mol. The second-order valence-electron chi connectivity index (χ2n) is 4.11. The fourth-order valence-corrected chi connectivity index (χ4v) is 2.63. The van der Waals surface area contributed by atoms with Gasteiger partial charge in [0, 0.05) is 0 Å². The third-order valence-corrected chi connectivity index (χ3v) is 3.97. The Kier molecular flexibility index (Phi) is 3.54. The Bertz CT molecular complexity index is 729.